The maximum absolute atomic E-state index is 11.2. The number of nitrogens with one attached hydrogen (secondary N) is 1. The molecule has 1 amide bonds. The van der Waals surface area contributed by atoms with Gasteiger partial charge in [-0.2, -0.15) is 0 Å². The molecule has 0 fully saturated rings. The summed E-state index contributed by atoms with van der Waals surface area (Å²) in [6.07, 6.45) is 1.74. The summed E-state index contributed by atoms with van der Waals surface area (Å²) in [5.74, 6) is 0.105. The average Bonchev–Trinajstić information content (AvgIpc) is 2.59. The van der Waals surface area contributed by atoms with E-state index in [4.69, 9.17) is 11.6 Å². The molecule has 1 unspecified atom stereocenters. The van der Waals surface area contributed by atoms with Crippen LogP contribution in [0.15, 0.2) is 12.1 Å². The first-order valence-electron chi connectivity index (χ1n) is 5.17. The summed E-state index contributed by atoms with van der Waals surface area (Å²) < 4.78 is 0. The van der Waals surface area contributed by atoms with Crippen molar-refractivity contribution in [1.82, 2.24) is 0 Å². The molecule has 1 aliphatic rings. The van der Waals surface area contributed by atoms with Crippen LogP contribution in [0, 0.1) is 0 Å². The predicted molar refractivity (Wildman–Crippen MR) is 62.9 cm³/mol. The van der Waals surface area contributed by atoms with E-state index in [1.807, 2.05) is 19.1 Å². The molecule has 2 rings (SSSR count). The van der Waals surface area contributed by atoms with Crippen LogP contribution in [0.1, 0.15) is 30.4 Å². The first kappa shape index (κ1) is 11.1. The zero-order valence-electron chi connectivity index (χ0n) is 8.92. The summed E-state index contributed by atoms with van der Waals surface area (Å²) in [7, 11) is 0. The Morgan fingerprint density at radius 3 is 3.00 bits per heavy atom. The maximum Gasteiger partial charge on any atom is 0.228 e. The molecule has 0 bridgehead atoms. The van der Waals surface area contributed by atoms with Crippen LogP contribution in [0.25, 0.3) is 0 Å². The molecule has 0 saturated heterocycles. The minimum Gasteiger partial charge on any atom is -0.324 e. The molecule has 1 aliphatic heterocycles. The number of rotatable bonds is 3. The monoisotopic (exact) mass is 237 g/mol. The summed E-state index contributed by atoms with van der Waals surface area (Å²) in [4.78, 5) is 21.7. The van der Waals surface area contributed by atoms with Gasteiger partial charge in [0.15, 0.2) is 0 Å². The zero-order valence-corrected chi connectivity index (χ0v) is 9.67. The Bertz CT molecular complexity index is 457. The Balaban J connectivity index is 2.37. The third-order valence-corrected chi connectivity index (χ3v) is 3.13. The van der Waals surface area contributed by atoms with Gasteiger partial charge in [-0.15, -0.1) is 0 Å². The van der Waals surface area contributed by atoms with Crippen molar-refractivity contribution in [2.24, 2.45) is 0 Å². The van der Waals surface area contributed by atoms with E-state index in [0.29, 0.717) is 23.6 Å². The highest BCUT2D eigenvalue weighted by Crippen LogP contribution is 2.35. The second-order valence-electron chi connectivity index (χ2n) is 4.07. The molecule has 0 saturated carbocycles. The number of carbonyl (C=O) groups is 2. The number of fused-ring (bicyclic) bond motifs is 1. The Morgan fingerprint density at radius 1 is 1.56 bits per heavy atom. The fraction of sp³-hybridized carbons (Fsp3) is 0.333. The third kappa shape index (κ3) is 1.95. The first-order valence-corrected chi connectivity index (χ1v) is 5.55. The lowest BCUT2D eigenvalue weighted by Gasteiger charge is -2.11. The van der Waals surface area contributed by atoms with Crippen LogP contribution >= 0.6 is 11.6 Å². The fourth-order valence-electron chi connectivity index (χ4n) is 1.89. The highest BCUT2D eigenvalue weighted by molar-refractivity contribution is 6.34. The van der Waals surface area contributed by atoms with E-state index in [1.165, 1.54) is 0 Å². The fourth-order valence-corrected chi connectivity index (χ4v) is 2.18. The van der Waals surface area contributed by atoms with Gasteiger partial charge in [-0.05, 0) is 23.1 Å². The number of aldehydes is 1. The number of carbonyl (C=O) groups excluding carboxylic acids is 2. The van der Waals surface area contributed by atoms with Crippen molar-refractivity contribution in [3.8, 4) is 0 Å². The van der Waals surface area contributed by atoms with Gasteiger partial charge in [-0.1, -0.05) is 24.6 Å². The maximum atomic E-state index is 11.2. The van der Waals surface area contributed by atoms with E-state index < -0.39 is 0 Å². The van der Waals surface area contributed by atoms with Gasteiger partial charge in [0.1, 0.15) is 6.29 Å². The minimum atomic E-state index is -0.0305. The molecular formula is C12H12ClNO2. The van der Waals surface area contributed by atoms with Gasteiger partial charge >= 0.3 is 0 Å². The third-order valence-electron chi connectivity index (χ3n) is 2.83. The van der Waals surface area contributed by atoms with Gasteiger partial charge in [0.2, 0.25) is 5.91 Å². The SMILES string of the molecule is CC(CC=O)c1cc(Cl)c2c(c1)CC(=O)N2. The van der Waals surface area contributed by atoms with Crippen LogP contribution in [-0.2, 0) is 16.0 Å². The van der Waals surface area contributed by atoms with E-state index in [-0.39, 0.29) is 11.8 Å². The second kappa shape index (κ2) is 4.26. The molecule has 1 heterocycles. The number of halogens is 1. The summed E-state index contributed by atoms with van der Waals surface area (Å²) in [6, 6.07) is 3.77. The molecule has 1 N–H and O–H groups in total. The van der Waals surface area contributed by atoms with Gasteiger partial charge < -0.3 is 10.1 Å². The lowest BCUT2D eigenvalue weighted by atomic mass is 9.96. The smallest absolute Gasteiger partial charge is 0.228 e. The lowest BCUT2D eigenvalue weighted by Crippen LogP contribution is -2.03. The molecule has 0 spiro atoms. The van der Waals surface area contributed by atoms with E-state index in [0.717, 1.165) is 17.4 Å². The number of benzene rings is 1. The molecule has 1 aromatic carbocycles. The summed E-state index contributed by atoms with van der Waals surface area (Å²) in [6.45, 7) is 1.97. The second-order valence-corrected chi connectivity index (χ2v) is 4.47. The van der Waals surface area contributed by atoms with Gasteiger partial charge in [-0.3, -0.25) is 4.79 Å². The number of hydrogen-bond donors (Lipinski definition) is 1. The van der Waals surface area contributed by atoms with Crippen molar-refractivity contribution in [3.05, 3.63) is 28.3 Å². The number of anilines is 1. The highest BCUT2D eigenvalue weighted by atomic mass is 35.5. The van der Waals surface area contributed by atoms with Crippen LogP contribution in [0.4, 0.5) is 5.69 Å². The highest BCUT2D eigenvalue weighted by Gasteiger charge is 2.22. The van der Waals surface area contributed by atoms with E-state index in [2.05, 4.69) is 5.32 Å². The standard InChI is InChI=1S/C12H12ClNO2/c1-7(2-3-15)8-4-9-6-11(16)14-12(9)10(13)5-8/h3-5,7H,2,6H2,1H3,(H,14,16). The molecule has 3 nitrogen and oxygen atoms in total. The van der Waals surface area contributed by atoms with Crippen molar-refractivity contribution >= 4 is 29.5 Å². The Morgan fingerprint density at radius 2 is 2.31 bits per heavy atom. The van der Waals surface area contributed by atoms with Crippen molar-refractivity contribution in [2.75, 3.05) is 5.32 Å². The lowest BCUT2D eigenvalue weighted by molar-refractivity contribution is -0.115. The molecule has 0 radical (unpaired) electrons. The minimum absolute atomic E-state index is 0.0305. The van der Waals surface area contributed by atoms with Crippen molar-refractivity contribution < 1.29 is 9.59 Å². The molecule has 1 atom stereocenters. The summed E-state index contributed by atoms with van der Waals surface area (Å²) in [5.41, 5.74) is 2.64. The summed E-state index contributed by atoms with van der Waals surface area (Å²) >= 11 is 6.08. The van der Waals surface area contributed by atoms with Crippen LogP contribution < -0.4 is 5.32 Å². The molecule has 0 aromatic heterocycles. The molecule has 1 aromatic rings. The Kier molecular flexibility index (Phi) is 2.97. The van der Waals surface area contributed by atoms with Gasteiger partial charge in [0.25, 0.3) is 0 Å². The van der Waals surface area contributed by atoms with Gasteiger partial charge in [-0.25, -0.2) is 0 Å². The zero-order chi connectivity index (χ0) is 11.7. The summed E-state index contributed by atoms with van der Waals surface area (Å²) in [5, 5.41) is 3.28. The largest absolute Gasteiger partial charge is 0.324 e. The van der Waals surface area contributed by atoms with Crippen molar-refractivity contribution in [2.45, 2.75) is 25.7 Å². The molecular weight excluding hydrogens is 226 g/mol. The number of amides is 1. The van der Waals surface area contributed by atoms with Crippen molar-refractivity contribution in [3.63, 3.8) is 0 Å². The predicted octanol–water partition coefficient (Wildman–Crippen LogP) is 2.53. The van der Waals surface area contributed by atoms with Crippen molar-refractivity contribution in [1.29, 1.82) is 0 Å². The Hall–Kier alpha value is -1.35. The van der Waals surface area contributed by atoms with Gasteiger partial charge in [0.05, 0.1) is 17.1 Å². The Labute approximate surface area is 98.8 Å². The van der Waals surface area contributed by atoms with Crippen LogP contribution in [0.3, 0.4) is 0 Å². The van der Waals surface area contributed by atoms with Crippen LogP contribution in [0.5, 0.6) is 0 Å². The molecule has 84 valence electrons. The van der Waals surface area contributed by atoms with E-state index in [1.54, 1.807) is 0 Å². The quantitative estimate of drug-likeness (QED) is 0.822. The molecule has 0 aliphatic carbocycles. The van der Waals surface area contributed by atoms with E-state index in [9.17, 15) is 9.59 Å². The van der Waals surface area contributed by atoms with Crippen LogP contribution in [-0.4, -0.2) is 12.2 Å². The van der Waals surface area contributed by atoms with E-state index >= 15 is 0 Å². The van der Waals surface area contributed by atoms with Gasteiger partial charge in [0, 0.05) is 6.42 Å². The molecule has 16 heavy (non-hydrogen) atoms. The number of hydrogen-bond acceptors (Lipinski definition) is 2. The first-order chi connectivity index (χ1) is 7.61. The average molecular weight is 238 g/mol. The molecule has 4 heteroatoms. The topological polar surface area (TPSA) is 46.2 Å². The van der Waals surface area contributed by atoms with Crippen LogP contribution in [0.2, 0.25) is 5.02 Å². The normalized spacial score (nSPS) is 15.5.